The highest BCUT2D eigenvalue weighted by atomic mass is 32.1. The Morgan fingerprint density at radius 3 is 2.94 bits per heavy atom. The number of aromatic amines is 1. The first-order valence-corrected chi connectivity index (χ1v) is 6.42. The highest BCUT2D eigenvalue weighted by Crippen LogP contribution is 2.19. The van der Waals surface area contributed by atoms with Crippen LogP contribution < -0.4 is 5.73 Å². The molecule has 0 aliphatic rings. The van der Waals surface area contributed by atoms with E-state index in [1.807, 2.05) is 17.8 Å². The molecule has 0 fully saturated rings. The number of thiazole rings is 1. The number of aryl methyl sites for hydroxylation is 1. The molecule has 0 saturated heterocycles. The van der Waals surface area contributed by atoms with E-state index in [9.17, 15) is 0 Å². The van der Waals surface area contributed by atoms with Gasteiger partial charge in [0.1, 0.15) is 10.8 Å². The van der Waals surface area contributed by atoms with Gasteiger partial charge in [0.05, 0.1) is 11.9 Å². The van der Waals surface area contributed by atoms with Crippen LogP contribution in [0.1, 0.15) is 25.1 Å². The second kappa shape index (κ2) is 5.77. The minimum atomic E-state index is 0.780. The molecule has 2 aromatic heterocycles. The van der Waals surface area contributed by atoms with E-state index < -0.39 is 0 Å². The lowest BCUT2D eigenvalue weighted by atomic mass is 10.2. The number of rotatable bonds is 6. The molecule has 4 nitrogen and oxygen atoms in total. The van der Waals surface area contributed by atoms with Crippen LogP contribution in [0.5, 0.6) is 0 Å². The van der Waals surface area contributed by atoms with Gasteiger partial charge in [-0.05, 0) is 19.4 Å². The van der Waals surface area contributed by atoms with E-state index >= 15 is 0 Å². The lowest BCUT2D eigenvalue weighted by Crippen LogP contribution is -1.98. The van der Waals surface area contributed by atoms with E-state index in [1.165, 1.54) is 6.42 Å². The number of hydrogen-bond acceptors (Lipinski definition) is 4. The van der Waals surface area contributed by atoms with Gasteiger partial charge in [-0.25, -0.2) is 9.97 Å². The zero-order valence-corrected chi connectivity index (χ0v) is 9.96. The largest absolute Gasteiger partial charge is 0.340 e. The van der Waals surface area contributed by atoms with E-state index in [-0.39, 0.29) is 0 Å². The summed E-state index contributed by atoms with van der Waals surface area (Å²) in [6.07, 6.45) is 8.07. The van der Waals surface area contributed by atoms with Crippen molar-refractivity contribution in [1.29, 1.82) is 0 Å². The molecule has 86 valence electrons. The van der Waals surface area contributed by atoms with E-state index in [1.54, 1.807) is 11.3 Å². The highest BCUT2D eigenvalue weighted by molar-refractivity contribution is 7.13. The van der Waals surface area contributed by atoms with E-state index in [0.29, 0.717) is 0 Å². The Morgan fingerprint density at radius 2 is 2.19 bits per heavy atom. The average Bonchev–Trinajstić information content (AvgIpc) is 2.94. The molecule has 0 saturated carbocycles. The normalized spacial score (nSPS) is 10.8. The molecule has 0 amide bonds. The number of imidazole rings is 1. The predicted octanol–water partition coefficient (Wildman–Crippen LogP) is 2.20. The van der Waals surface area contributed by atoms with Gasteiger partial charge in [0, 0.05) is 18.0 Å². The van der Waals surface area contributed by atoms with Gasteiger partial charge in [-0.3, -0.25) is 0 Å². The second-order valence-corrected chi connectivity index (χ2v) is 4.57. The number of nitrogens with zero attached hydrogens (tertiary/aromatic N) is 2. The van der Waals surface area contributed by atoms with Crippen LogP contribution in [0, 0.1) is 0 Å². The fourth-order valence-electron chi connectivity index (χ4n) is 1.57. The molecule has 0 aromatic carbocycles. The van der Waals surface area contributed by atoms with Crippen molar-refractivity contribution in [3.05, 3.63) is 23.6 Å². The average molecular weight is 236 g/mol. The number of unbranched alkanes of at least 4 members (excludes halogenated alkanes) is 2. The number of aromatic nitrogens is 3. The minimum Gasteiger partial charge on any atom is -0.340 e. The summed E-state index contributed by atoms with van der Waals surface area (Å²) in [5, 5.41) is 2.97. The number of H-pyrrole nitrogens is 1. The Bertz CT molecular complexity index is 407. The minimum absolute atomic E-state index is 0.780. The maximum Gasteiger partial charge on any atom is 0.141 e. The molecule has 16 heavy (non-hydrogen) atoms. The Hall–Kier alpha value is -1.20. The van der Waals surface area contributed by atoms with Crippen LogP contribution in [-0.4, -0.2) is 21.5 Å². The van der Waals surface area contributed by atoms with E-state index in [2.05, 4.69) is 15.0 Å². The van der Waals surface area contributed by atoms with Gasteiger partial charge >= 0.3 is 0 Å². The van der Waals surface area contributed by atoms with Crippen LogP contribution in [0.25, 0.3) is 10.7 Å². The summed E-state index contributed by atoms with van der Waals surface area (Å²) < 4.78 is 0. The molecule has 5 heteroatoms. The van der Waals surface area contributed by atoms with Crippen LogP contribution in [0.15, 0.2) is 17.8 Å². The molecule has 2 heterocycles. The molecule has 2 aromatic rings. The fourth-order valence-corrected chi connectivity index (χ4v) is 2.17. The molecule has 0 aliphatic heterocycles. The fraction of sp³-hybridized carbons (Fsp3) is 0.455. The number of nitrogens with two attached hydrogens (primary N) is 1. The molecule has 0 bridgehead atoms. The second-order valence-electron chi connectivity index (χ2n) is 3.68. The predicted molar refractivity (Wildman–Crippen MR) is 66.3 cm³/mol. The summed E-state index contributed by atoms with van der Waals surface area (Å²) in [4.78, 5) is 11.9. The van der Waals surface area contributed by atoms with Gasteiger partial charge in [0.25, 0.3) is 0 Å². The molecule has 2 rings (SSSR count). The van der Waals surface area contributed by atoms with Crippen LogP contribution in [0.3, 0.4) is 0 Å². The third kappa shape index (κ3) is 2.90. The van der Waals surface area contributed by atoms with Gasteiger partial charge in [-0.2, -0.15) is 0 Å². The molecule has 0 aliphatic carbocycles. The van der Waals surface area contributed by atoms with Crippen molar-refractivity contribution < 1.29 is 0 Å². The Morgan fingerprint density at radius 1 is 1.25 bits per heavy atom. The van der Waals surface area contributed by atoms with Crippen molar-refractivity contribution in [2.45, 2.75) is 25.7 Å². The van der Waals surface area contributed by atoms with Crippen molar-refractivity contribution in [3.8, 4) is 10.7 Å². The molecule has 0 spiro atoms. The topological polar surface area (TPSA) is 67.6 Å². The number of hydrogen-bond donors (Lipinski definition) is 2. The van der Waals surface area contributed by atoms with Crippen LogP contribution in [-0.2, 0) is 6.42 Å². The van der Waals surface area contributed by atoms with Gasteiger partial charge in [0.15, 0.2) is 0 Å². The van der Waals surface area contributed by atoms with Gasteiger partial charge in [0.2, 0.25) is 0 Å². The summed E-state index contributed by atoms with van der Waals surface area (Å²) in [6, 6.07) is 0. The summed E-state index contributed by atoms with van der Waals surface area (Å²) in [6.45, 7) is 0.780. The standard InChI is InChI=1S/C11H16N4S/c12-5-3-1-2-4-10-14-8-9(15-10)11-13-6-7-16-11/h6-8H,1-5,12H2,(H,14,15). The summed E-state index contributed by atoms with van der Waals surface area (Å²) in [7, 11) is 0. The first-order chi connectivity index (χ1) is 7.90. The van der Waals surface area contributed by atoms with Gasteiger partial charge < -0.3 is 10.7 Å². The first-order valence-electron chi connectivity index (χ1n) is 5.54. The Balaban J connectivity index is 1.88. The van der Waals surface area contributed by atoms with Crippen molar-refractivity contribution in [3.63, 3.8) is 0 Å². The van der Waals surface area contributed by atoms with Crippen molar-refractivity contribution in [2.24, 2.45) is 5.73 Å². The molecule has 0 atom stereocenters. The van der Waals surface area contributed by atoms with Gasteiger partial charge in [-0.1, -0.05) is 6.42 Å². The van der Waals surface area contributed by atoms with Crippen molar-refractivity contribution in [2.75, 3.05) is 6.54 Å². The summed E-state index contributed by atoms with van der Waals surface area (Å²) in [5.41, 5.74) is 6.46. The molecular weight excluding hydrogens is 220 g/mol. The molecular formula is C11H16N4S. The quantitative estimate of drug-likeness (QED) is 0.756. The maximum absolute atomic E-state index is 5.45. The van der Waals surface area contributed by atoms with Crippen LogP contribution >= 0.6 is 11.3 Å². The van der Waals surface area contributed by atoms with Crippen LogP contribution in [0.2, 0.25) is 0 Å². The van der Waals surface area contributed by atoms with Gasteiger partial charge in [-0.15, -0.1) is 11.3 Å². The van der Waals surface area contributed by atoms with Crippen LogP contribution in [0.4, 0.5) is 0 Å². The summed E-state index contributed by atoms with van der Waals surface area (Å²) >= 11 is 1.62. The molecule has 3 N–H and O–H groups in total. The smallest absolute Gasteiger partial charge is 0.141 e. The molecule has 0 radical (unpaired) electrons. The summed E-state index contributed by atoms with van der Waals surface area (Å²) in [5.74, 6) is 1.04. The highest BCUT2D eigenvalue weighted by Gasteiger charge is 2.04. The SMILES string of the molecule is NCCCCCc1ncc(-c2nccs2)[nH]1. The Labute approximate surface area is 98.9 Å². The Kier molecular flexibility index (Phi) is 4.07. The number of nitrogens with one attached hydrogen (secondary N) is 1. The lowest BCUT2D eigenvalue weighted by molar-refractivity contribution is 0.673. The zero-order chi connectivity index (χ0) is 11.2. The van der Waals surface area contributed by atoms with Crippen molar-refractivity contribution >= 4 is 11.3 Å². The van der Waals surface area contributed by atoms with E-state index in [0.717, 1.165) is 42.3 Å². The third-order valence-corrected chi connectivity index (χ3v) is 3.22. The first kappa shape index (κ1) is 11.3. The maximum atomic E-state index is 5.45. The van der Waals surface area contributed by atoms with E-state index in [4.69, 9.17) is 5.73 Å². The van der Waals surface area contributed by atoms with Crippen molar-refractivity contribution in [1.82, 2.24) is 15.0 Å². The third-order valence-electron chi connectivity index (χ3n) is 2.41. The lowest BCUT2D eigenvalue weighted by Gasteiger charge is -1.96. The molecule has 0 unspecified atom stereocenters. The monoisotopic (exact) mass is 236 g/mol. The zero-order valence-electron chi connectivity index (χ0n) is 9.15.